The Morgan fingerprint density at radius 2 is 1.58 bits per heavy atom. The number of hydrogen-bond acceptors (Lipinski definition) is 4. The van der Waals surface area contributed by atoms with Crippen LogP contribution in [0.1, 0.15) is 69.9 Å². The van der Waals surface area contributed by atoms with Crippen LogP contribution < -0.4 is 0 Å². The van der Waals surface area contributed by atoms with E-state index in [0.717, 1.165) is 30.2 Å². The highest BCUT2D eigenvalue weighted by molar-refractivity contribution is 6.09. The van der Waals surface area contributed by atoms with E-state index >= 15 is 0 Å². The van der Waals surface area contributed by atoms with Crippen LogP contribution in [0.5, 0.6) is 5.75 Å². The van der Waals surface area contributed by atoms with Crippen molar-refractivity contribution in [2.75, 3.05) is 0 Å². The molecule has 1 heterocycles. The molecular weight excluding hydrogens is 470 g/mol. The monoisotopic (exact) mass is 505 g/mol. The van der Waals surface area contributed by atoms with E-state index < -0.39 is 5.60 Å². The minimum Gasteiger partial charge on any atom is -0.507 e. The zero-order valence-electron chi connectivity index (χ0n) is 22.6. The quantitative estimate of drug-likeness (QED) is 0.193. The third kappa shape index (κ3) is 5.08. The Labute approximate surface area is 224 Å². The van der Waals surface area contributed by atoms with Crippen LogP contribution in [0, 0.1) is 0 Å². The van der Waals surface area contributed by atoms with Gasteiger partial charge in [-0.1, -0.05) is 67.6 Å². The second-order valence-electron chi connectivity index (χ2n) is 11.1. The molecule has 194 valence electrons. The molecule has 1 N–H and O–H groups in total. The van der Waals surface area contributed by atoms with Gasteiger partial charge in [-0.3, -0.25) is 9.78 Å². The highest BCUT2D eigenvalue weighted by atomic mass is 16.6. The molecule has 0 spiro atoms. The fourth-order valence-corrected chi connectivity index (χ4v) is 5.66. The molecule has 0 saturated heterocycles. The van der Waals surface area contributed by atoms with Gasteiger partial charge in [0.15, 0.2) is 0 Å². The molecule has 0 saturated carbocycles. The smallest absolute Gasteiger partial charge is 0.313 e. The molecule has 2 unspecified atom stereocenters. The predicted molar refractivity (Wildman–Crippen MR) is 156 cm³/mol. The number of benzene rings is 4. The van der Waals surface area contributed by atoms with Crippen LogP contribution in [0.15, 0.2) is 85.1 Å². The molecule has 1 aliphatic rings. The normalized spacial score (nSPS) is 17.1. The molecule has 0 fully saturated rings. The number of para-hydroxylation sites is 1. The van der Waals surface area contributed by atoms with Gasteiger partial charge >= 0.3 is 5.97 Å². The van der Waals surface area contributed by atoms with Crippen molar-refractivity contribution in [2.24, 2.45) is 0 Å². The molecule has 6 rings (SSSR count). The van der Waals surface area contributed by atoms with Gasteiger partial charge < -0.3 is 9.84 Å². The standard InChI is InChI=1S/C25H28O2.C9H7NO/c1-5-16-10-13-22(24(26)27-25(2,3)4)21-15-14-19-18-9-7-6-8-17(18)11-12-20(19)23(16)21;11-9-5-6-10-8-4-2-1-3-7(8)9/h6-9,11-12,14-16,22H,5,10,13H2,1-4H3;1-6H,(H,10,11). The van der Waals surface area contributed by atoms with Gasteiger partial charge in [-0.2, -0.15) is 0 Å². The highest BCUT2D eigenvalue weighted by Gasteiger charge is 2.34. The number of carbonyl (C=O) groups is 1. The first kappa shape index (κ1) is 25.7. The largest absolute Gasteiger partial charge is 0.507 e. The van der Waals surface area contributed by atoms with Gasteiger partial charge in [-0.25, -0.2) is 0 Å². The zero-order valence-corrected chi connectivity index (χ0v) is 22.6. The second kappa shape index (κ2) is 10.4. The third-order valence-electron chi connectivity index (χ3n) is 7.40. The van der Waals surface area contributed by atoms with Crippen LogP contribution in [0.4, 0.5) is 0 Å². The molecule has 0 amide bonds. The minimum absolute atomic E-state index is 0.0848. The minimum atomic E-state index is -0.452. The van der Waals surface area contributed by atoms with E-state index in [1.807, 2.05) is 45.0 Å². The van der Waals surface area contributed by atoms with Gasteiger partial charge in [-0.15, -0.1) is 0 Å². The summed E-state index contributed by atoms with van der Waals surface area (Å²) in [5.74, 6) is 0.551. The summed E-state index contributed by atoms with van der Waals surface area (Å²) in [5.41, 5.74) is 2.91. The van der Waals surface area contributed by atoms with Crippen LogP contribution in [-0.2, 0) is 9.53 Å². The van der Waals surface area contributed by atoms with Crippen molar-refractivity contribution in [3.63, 3.8) is 0 Å². The molecule has 0 radical (unpaired) electrons. The van der Waals surface area contributed by atoms with Crippen molar-refractivity contribution < 1.29 is 14.6 Å². The summed E-state index contributed by atoms with van der Waals surface area (Å²) in [4.78, 5) is 17.0. The maximum atomic E-state index is 12.9. The van der Waals surface area contributed by atoms with E-state index in [1.54, 1.807) is 12.3 Å². The summed E-state index contributed by atoms with van der Waals surface area (Å²) in [6, 6.07) is 26.5. The molecule has 4 aromatic carbocycles. The van der Waals surface area contributed by atoms with Crippen LogP contribution in [0.2, 0.25) is 0 Å². The maximum absolute atomic E-state index is 12.9. The van der Waals surface area contributed by atoms with E-state index in [9.17, 15) is 9.90 Å². The average molecular weight is 506 g/mol. The summed E-state index contributed by atoms with van der Waals surface area (Å²) in [5, 5.41) is 15.3. The van der Waals surface area contributed by atoms with Crippen molar-refractivity contribution in [1.29, 1.82) is 0 Å². The zero-order chi connectivity index (χ0) is 26.9. The fraction of sp³-hybridized carbons (Fsp3) is 0.294. The van der Waals surface area contributed by atoms with Crippen molar-refractivity contribution >= 4 is 38.4 Å². The molecule has 1 aromatic heterocycles. The number of aromatic hydroxyl groups is 1. The van der Waals surface area contributed by atoms with Crippen molar-refractivity contribution in [3.05, 3.63) is 96.2 Å². The maximum Gasteiger partial charge on any atom is 0.313 e. The van der Waals surface area contributed by atoms with Gasteiger partial charge in [0.2, 0.25) is 0 Å². The summed E-state index contributed by atoms with van der Waals surface area (Å²) >= 11 is 0. The van der Waals surface area contributed by atoms with Crippen molar-refractivity contribution in [2.45, 2.75) is 64.4 Å². The van der Waals surface area contributed by atoms with E-state index in [1.165, 1.54) is 32.7 Å². The van der Waals surface area contributed by atoms with Crippen LogP contribution in [-0.4, -0.2) is 21.7 Å². The molecule has 0 aliphatic heterocycles. The molecular formula is C34H35NO3. The first-order valence-electron chi connectivity index (χ1n) is 13.5. The van der Waals surface area contributed by atoms with Crippen molar-refractivity contribution in [3.8, 4) is 5.75 Å². The van der Waals surface area contributed by atoms with Gasteiger partial charge in [0.25, 0.3) is 0 Å². The SMILES string of the molecule is CCC1CCC(C(=O)OC(C)(C)C)c2ccc3c(ccc4ccccc43)c21.Oc1ccnc2ccccc12. The molecule has 2 atom stereocenters. The van der Waals surface area contributed by atoms with E-state index in [2.05, 4.69) is 60.4 Å². The number of aromatic nitrogens is 1. The van der Waals surface area contributed by atoms with Gasteiger partial charge in [0.1, 0.15) is 11.4 Å². The number of pyridine rings is 1. The average Bonchev–Trinajstić information content (AvgIpc) is 2.91. The lowest BCUT2D eigenvalue weighted by atomic mass is 9.73. The van der Waals surface area contributed by atoms with Crippen molar-refractivity contribution in [1.82, 2.24) is 4.98 Å². The molecule has 5 aromatic rings. The topological polar surface area (TPSA) is 59.4 Å². The lowest BCUT2D eigenvalue weighted by Gasteiger charge is -2.33. The fourth-order valence-electron chi connectivity index (χ4n) is 5.66. The predicted octanol–water partition coefficient (Wildman–Crippen LogP) is 8.65. The number of rotatable bonds is 2. The number of hydrogen-bond donors (Lipinski definition) is 1. The molecule has 1 aliphatic carbocycles. The van der Waals surface area contributed by atoms with Crippen LogP contribution in [0.3, 0.4) is 0 Å². The Balaban J connectivity index is 0.000000222. The van der Waals surface area contributed by atoms with E-state index in [4.69, 9.17) is 4.74 Å². The van der Waals surface area contributed by atoms with Crippen LogP contribution in [0.25, 0.3) is 32.4 Å². The van der Waals surface area contributed by atoms with Gasteiger partial charge in [-0.05, 0) is 96.8 Å². The number of carbonyl (C=O) groups excluding carboxylic acids is 1. The Hall–Kier alpha value is -3.92. The number of esters is 1. The molecule has 38 heavy (non-hydrogen) atoms. The van der Waals surface area contributed by atoms with E-state index in [0.29, 0.717) is 5.92 Å². The Bertz CT molecular complexity index is 1610. The molecule has 4 heteroatoms. The lowest BCUT2D eigenvalue weighted by Crippen LogP contribution is -2.30. The van der Waals surface area contributed by atoms with Gasteiger partial charge in [0.05, 0.1) is 11.4 Å². The Morgan fingerprint density at radius 3 is 2.32 bits per heavy atom. The molecule has 4 nitrogen and oxygen atoms in total. The third-order valence-corrected chi connectivity index (χ3v) is 7.40. The lowest BCUT2D eigenvalue weighted by molar-refractivity contribution is -0.157. The summed E-state index contributed by atoms with van der Waals surface area (Å²) in [7, 11) is 0. The first-order chi connectivity index (χ1) is 18.3. The summed E-state index contributed by atoms with van der Waals surface area (Å²) in [6.45, 7) is 8.07. The number of fused-ring (bicyclic) bond motifs is 6. The Morgan fingerprint density at radius 1 is 0.868 bits per heavy atom. The van der Waals surface area contributed by atoms with Gasteiger partial charge in [0, 0.05) is 11.6 Å². The number of ether oxygens (including phenoxy) is 1. The van der Waals surface area contributed by atoms with Crippen LogP contribution >= 0.6 is 0 Å². The number of nitrogens with zero attached hydrogens (tertiary/aromatic N) is 1. The second-order valence-corrected chi connectivity index (χ2v) is 11.1. The summed E-state index contributed by atoms with van der Waals surface area (Å²) in [6.07, 6.45) is 4.61. The Kier molecular flexibility index (Phi) is 7.07. The highest BCUT2D eigenvalue weighted by Crippen LogP contribution is 2.45. The molecule has 0 bridgehead atoms. The summed E-state index contributed by atoms with van der Waals surface area (Å²) < 4.78 is 5.75. The first-order valence-corrected chi connectivity index (χ1v) is 13.5. The van der Waals surface area contributed by atoms with E-state index in [-0.39, 0.29) is 17.6 Å².